The molecule has 0 bridgehead atoms. The van der Waals surface area contributed by atoms with Crippen molar-refractivity contribution >= 4 is 22.7 Å². The van der Waals surface area contributed by atoms with E-state index in [-0.39, 0.29) is 24.0 Å². The maximum atomic E-state index is 13.0. The fourth-order valence-corrected chi connectivity index (χ4v) is 4.12. The molecule has 2 fully saturated rings. The summed E-state index contributed by atoms with van der Waals surface area (Å²) in [4.78, 5) is 26.4. The molecule has 1 aromatic heterocycles. The van der Waals surface area contributed by atoms with Crippen molar-refractivity contribution in [2.24, 2.45) is 13.0 Å². The minimum atomic E-state index is -0.0233. The highest BCUT2D eigenvalue weighted by Gasteiger charge is 2.44. The van der Waals surface area contributed by atoms with Crippen molar-refractivity contribution in [3.8, 4) is 0 Å². The molecule has 0 radical (unpaired) electrons. The molecule has 3 atom stereocenters. The number of carbonyl (C=O) groups is 2. The Bertz CT molecular complexity index is 814. The number of ether oxygens (including phenoxy) is 1. The van der Waals surface area contributed by atoms with Gasteiger partial charge in [-0.1, -0.05) is 18.2 Å². The summed E-state index contributed by atoms with van der Waals surface area (Å²) in [6.45, 7) is 1.31. The lowest BCUT2D eigenvalue weighted by atomic mass is 10.0. The SMILES string of the molecule is CNC(=O)C[C@H]1C[C@H]2CN(C(=O)c3cc4ccccc4n3C)C[C@H]2O1. The van der Waals surface area contributed by atoms with Gasteiger partial charge in [0.1, 0.15) is 5.69 Å². The van der Waals surface area contributed by atoms with Crippen LogP contribution in [0.5, 0.6) is 0 Å². The first kappa shape index (κ1) is 16.1. The van der Waals surface area contributed by atoms with Gasteiger partial charge in [-0.25, -0.2) is 0 Å². The summed E-state index contributed by atoms with van der Waals surface area (Å²) < 4.78 is 7.96. The molecule has 2 aromatic rings. The Morgan fingerprint density at radius 1 is 1.28 bits per heavy atom. The maximum absolute atomic E-state index is 13.0. The number of aromatic nitrogens is 1. The zero-order valence-electron chi connectivity index (χ0n) is 14.6. The highest BCUT2D eigenvalue weighted by molar-refractivity contribution is 5.98. The number of aryl methyl sites for hydroxylation is 1. The van der Waals surface area contributed by atoms with E-state index in [4.69, 9.17) is 4.74 Å². The largest absolute Gasteiger partial charge is 0.372 e. The summed E-state index contributed by atoms with van der Waals surface area (Å²) in [5.74, 6) is 0.390. The summed E-state index contributed by atoms with van der Waals surface area (Å²) in [6.07, 6.45) is 1.27. The number of rotatable bonds is 3. The summed E-state index contributed by atoms with van der Waals surface area (Å²) in [6, 6.07) is 9.98. The number of likely N-dealkylation sites (tertiary alicyclic amines) is 1. The molecule has 2 amide bonds. The Balaban J connectivity index is 1.45. The van der Waals surface area contributed by atoms with Crippen molar-refractivity contribution in [2.45, 2.75) is 25.0 Å². The van der Waals surface area contributed by atoms with Crippen LogP contribution in [0.25, 0.3) is 10.9 Å². The average molecular weight is 341 g/mol. The van der Waals surface area contributed by atoms with Crippen LogP contribution in [0.4, 0.5) is 0 Å². The van der Waals surface area contributed by atoms with E-state index in [9.17, 15) is 9.59 Å². The number of hydrogen-bond donors (Lipinski definition) is 1. The Morgan fingerprint density at radius 2 is 2.08 bits per heavy atom. The summed E-state index contributed by atoms with van der Waals surface area (Å²) in [5, 5.41) is 3.72. The molecule has 3 heterocycles. The second-order valence-corrected chi connectivity index (χ2v) is 7.03. The van der Waals surface area contributed by atoms with Crippen LogP contribution in [0.15, 0.2) is 30.3 Å². The Morgan fingerprint density at radius 3 is 2.80 bits per heavy atom. The van der Waals surface area contributed by atoms with E-state index >= 15 is 0 Å². The van der Waals surface area contributed by atoms with Crippen molar-refractivity contribution in [1.82, 2.24) is 14.8 Å². The van der Waals surface area contributed by atoms with Gasteiger partial charge in [0.15, 0.2) is 0 Å². The molecule has 2 aliphatic heterocycles. The zero-order valence-corrected chi connectivity index (χ0v) is 14.6. The molecule has 0 unspecified atom stereocenters. The molecule has 1 aromatic carbocycles. The van der Waals surface area contributed by atoms with Gasteiger partial charge in [0, 0.05) is 44.0 Å². The smallest absolute Gasteiger partial charge is 0.270 e. The number of amides is 2. The number of fused-ring (bicyclic) bond motifs is 2. The second-order valence-electron chi connectivity index (χ2n) is 7.03. The average Bonchev–Trinajstić information content (AvgIpc) is 3.26. The number of benzene rings is 1. The number of para-hydroxylation sites is 1. The third-order valence-corrected chi connectivity index (χ3v) is 5.46. The lowest BCUT2D eigenvalue weighted by Crippen LogP contribution is -2.33. The zero-order chi connectivity index (χ0) is 17.6. The third kappa shape index (κ3) is 2.80. The van der Waals surface area contributed by atoms with Gasteiger partial charge in [0.25, 0.3) is 5.91 Å². The van der Waals surface area contributed by atoms with Crippen LogP contribution in [-0.2, 0) is 16.6 Å². The van der Waals surface area contributed by atoms with Gasteiger partial charge in [-0.3, -0.25) is 9.59 Å². The van der Waals surface area contributed by atoms with Crippen LogP contribution in [-0.4, -0.2) is 53.6 Å². The van der Waals surface area contributed by atoms with Gasteiger partial charge in [0.2, 0.25) is 5.91 Å². The molecule has 4 rings (SSSR count). The predicted octanol–water partition coefficient (Wildman–Crippen LogP) is 1.54. The lowest BCUT2D eigenvalue weighted by molar-refractivity contribution is -0.123. The van der Waals surface area contributed by atoms with Gasteiger partial charge < -0.3 is 19.5 Å². The van der Waals surface area contributed by atoms with Crippen LogP contribution in [0.3, 0.4) is 0 Å². The third-order valence-electron chi connectivity index (χ3n) is 5.46. The second kappa shape index (κ2) is 6.19. The molecule has 132 valence electrons. The summed E-state index contributed by atoms with van der Waals surface area (Å²) in [7, 11) is 3.57. The van der Waals surface area contributed by atoms with E-state index < -0.39 is 0 Å². The first-order valence-electron chi connectivity index (χ1n) is 8.76. The maximum Gasteiger partial charge on any atom is 0.270 e. The van der Waals surface area contributed by atoms with Gasteiger partial charge in [0.05, 0.1) is 18.6 Å². The van der Waals surface area contributed by atoms with Crippen molar-refractivity contribution in [2.75, 3.05) is 20.1 Å². The molecule has 0 aliphatic carbocycles. The molecular formula is C19H23N3O3. The number of nitrogens with one attached hydrogen (secondary N) is 1. The van der Waals surface area contributed by atoms with Gasteiger partial charge in [-0.05, 0) is 18.6 Å². The highest BCUT2D eigenvalue weighted by Crippen LogP contribution is 2.35. The minimum Gasteiger partial charge on any atom is -0.372 e. The van der Waals surface area contributed by atoms with E-state index in [1.807, 2.05) is 46.8 Å². The standard InChI is InChI=1S/C19H23N3O3/c1-20-18(23)9-14-7-13-10-22(11-17(13)25-14)19(24)16-8-12-5-3-4-6-15(12)21(16)2/h3-6,8,13-14,17H,7,9-11H2,1-2H3,(H,20,23)/t13-,14+,17+/m0/s1. The fraction of sp³-hybridized carbons (Fsp3) is 0.474. The molecule has 6 nitrogen and oxygen atoms in total. The van der Waals surface area contributed by atoms with E-state index in [0.717, 1.165) is 17.3 Å². The predicted molar refractivity (Wildman–Crippen MR) is 94.3 cm³/mol. The number of carbonyl (C=O) groups excluding carboxylic acids is 2. The highest BCUT2D eigenvalue weighted by atomic mass is 16.5. The van der Waals surface area contributed by atoms with Crippen LogP contribution in [0.1, 0.15) is 23.3 Å². The monoisotopic (exact) mass is 341 g/mol. The van der Waals surface area contributed by atoms with Gasteiger partial charge in [-0.2, -0.15) is 0 Å². The Labute approximate surface area is 146 Å². The van der Waals surface area contributed by atoms with Gasteiger partial charge in [-0.15, -0.1) is 0 Å². The fourth-order valence-electron chi connectivity index (χ4n) is 4.12. The van der Waals surface area contributed by atoms with Crippen LogP contribution in [0, 0.1) is 5.92 Å². The molecule has 6 heteroatoms. The van der Waals surface area contributed by atoms with Crippen molar-refractivity contribution in [3.05, 3.63) is 36.0 Å². The molecule has 1 N–H and O–H groups in total. The topological polar surface area (TPSA) is 63.6 Å². The molecule has 0 spiro atoms. The van der Waals surface area contributed by atoms with Crippen molar-refractivity contribution in [3.63, 3.8) is 0 Å². The quantitative estimate of drug-likeness (QED) is 0.921. The van der Waals surface area contributed by atoms with E-state index in [2.05, 4.69) is 5.32 Å². The molecule has 2 saturated heterocycles. The van der Waals surface area contributed by atoms with E-state index in [1.54, 1.807) is 7.05 Å². The molecule has 2 aliphatic rings. The Hall–Kier alpha value is -2.34. The normalized spacial score (nSPS) is 25.4. The molecular weight excluding hydrogens is 318 g/mol. The van der Waals surface area contributed by atoms with Crippen molar-refractivity contribution < 1.29 is 14.3 Å². The molecule has 25 heavy (non-hydrogen) atoms. The first-order chi connectivity index (χ1) is 12.1. The van der Waals surface area contributed by atoms with E-state index in [1.165, 1.54) is 0 Å². The number of hydrogen-bond acceptors (Lipinski definition) is 3. The Kier molecular flexibility index (Phi) is 4.00. The summed E-state index contributed by atoms with van der Waals surface area (Å²) in [5.41, 5.74) is 1.77. The van der Waals surface area contributed by atoms with Crippen LogP contribution >= 0.6 is 0 Å². The van der Waals surface area contributed by atoms with Gasteiger partial charge >= 0.3 is 0 Å². The van der Waals surface area contributed by atoms with Crippen molar-refractivity contribution in [1.29, 1.82) is 0 Å². The van der Waals surface area contributed by atoms with Crippen LogP contribution < -0.4 is 5.32 Å². The lowest BCUT2D eigenvalue weighted by Gasteiger charge is -2.19. The first-order valence-corrected chi connectivity index (χ1v) is 8.76. The minimum absolute atomic E-state index is 0.00778. The molecule has 0 saturated carbocycles. The summed E-state index contributed by atoms with van der Waals surface area (Å²) >= 11 is 0. The van der Waals surface area contributed by atoms with Crippen LogP contribution in [0.2, 0.25) is 0 Å². The van der Waals surface area contributed by atoms with E-state index in [0.29, 0.717) is 31.1 Å². The number of nitrogens with zero attached hydrogens (tertiary/aromatic N) is 2.